The van der Waals surface area contributed by atoms with Crippen molar-refractivity contribution < 1.29 is 4.74 Å². The van der Waals surface area contributed by atoms with Crippen LogP contribution >= 0.6 is 0 Å². The number of hydrogen-bond acceptors (Lipinski definition) is 2. The molecule has 0 saturated carbocycles. The molecule has 0 aromatic rings. The zero-order chi connectivity index (χ0) is 11.1. The summed E-state index contributed by atoms with van der Waals surface area (Å²) in [7, 11) is 0. The molecule has 15 heavy (non-hydrogen) atoms. The minimum atomic E-state index is 0.514. The van der Waals surface area contributed by atoms with E-state index in [1.807, 2.05) is 0 Å². The summed E-state index contributed by atoms with van der Waals surface area (Å²) in [6.07, 6.45) is 5.58. The van der Waals surface area contributed by atoms with E-state index in [4.69, 9.17) is 4.74 Å². The van der Waals surface area contributed by atoms with Crippen molar-refractivity contribution in [3.8, 4) is 0 Å². The molecule has 1 heterocycles. The second kappa shape index (κ2) is 7.24. The van der Waals surface area contributed by atoms with Crippen LogP contribution in [0.25, 0.3) is 0 Å². The van der Waals surface area contributed by atoms with Crippen LogP contribution in [-0.4, -0.2) is 37.2 Å². The highest BCUT2D eigenvalue weighted by Crippen LogP contribution is 2.14. The van der Waals surface area contributed by atoms with E-state index >= 15 is 0 Å². The Hall–Kier alpha value is -0.0800. The number of likely N-dealkylation sites (tertiary alicyclic amines) is 1. The molecule has 0 unspecified atom stereocenters. The topological polar surface area (TPSA) is 12.5 Å². The first-order chi connectivity index (χ1) is 7.22. The van der Waals surface area contributed by atoms with Crippen LogP contribution < -0.4 is 0 Å². The highest BCUT2D eigenvalue weighted by atomic mass is 16.5. The van der Waals surface area contributed by atoms with E-state index in [2.05, 4.69) is 25.7 Å². The van der Waals surface area contributed by atoms with E-state index in [1.165, 1.54) is 38.8 Å². The summed E-state index contributed by atoms with van der Waals surface area (Å²) in [5.41, 5.74) is 0. The SMILES string of the molecule is CCCCCO[C@H]1CCN(CC(C)C)C1. The Morgan fingerprint density at radius 3 is 2.80 bits per heavy atom. The summed E-state index contributed by atoms with van der Waals surface area (Å²) in [6.45, 7) is 11.4. The summed E-state index contributed by atoms with van der Waals surface area (Å²) in [5.74, 6) is 0.781. The van der Waals surface area contributed by atoms with E-state index in [-0.39, 0.29) is 0 Å². The molecule has 0 bridgehead atoms. The predicted octanol–water partition coefficient (Wildman–Crippen LogP) is 2.92. The van der Waals surface area contributed by atoms with Crippen molar-refractivity contribution in [3.63, 3.8) is 0 Å². The normalized spacial score (nSPS) is 22.8. The smallest absolute Gasteiger partial charge is 0.0714 e. The monoisotopic (exact) mass is 213 g/mol. The first kappa shape index (κ1) is 13.0. The van der Waals surface area contributed by atoms with E-state index in [1.54, 1.807) is 0 Å². The average Bonchev–Trinajstić information content (AvgIpc) is 2.59. The summed E-state index contributed by atoms with van der Waals surface area (Å²) in [4.78, 5) is 2.54. The fourth-order valence-electron chi connectivity index (χ4n) is 2.22. The van der Waals surface area contributed by atoms with Crippen molar-refractivity contribution in [3.05, 3.63) is 0 Å². The minimum absolute atomic E-state index is 0.514. The molecule has 0 spiro atoms. The van der Waals surface area contributed by atoms with Crippen LogP contribution in [0.3, 0.4) is 0 Å². The Balaban J connectivity index is 2.03. The van der Waals surface area contributed by atoms with Crippen LogP contribution in [0, 0.1) is 5.92 Å². The van der Waals surface area contributed by atoms with Crippen LogP contribution in [0.1, 0.15) is 46.5 Å². The molecule has 0 N–H and O–H groups in total. The van der Waals surface area contributed by atoms with Gasteiger partial charge in [0.15, 0.2) is 0 Å². The van der Waals surface area contributed by atoms with Gasteiger partial charge in [-0.2, -0.15) is 0 Å². The maximum Gasteiger partial charge on any atom is 0.0714 e. The van der Waals surface area contributed by atoms with Crippen molar-refractivity contribution in [1.29, 1.82) is 0 Å². The lowest BCUT2D eigenvalue weighted by Crippen LogP contribution is -2.27. The van der Waals surface area contributed by atoms with Gasteiger partial charge in [0.05, 0.1) is 6.10 Å². The highest BCUT2D eigenvalue weighted by Gasteiger charge is 2.22. The molecular formula is C13H27NO. The van der Waals surface area contributed by atoms with Gasteiger partial charge >= 0.3 is 0 Å². The molecule has 2 heteroatoms. The maximum atomic E-state index is 5.88. The fourth-order valence-corrected chi connectivity index (χ4v) is 2.22. The van der Waals surface area contributed by atoms with E-state index in [0.717, 1.165) is 19.1 Å². The molecule has 1 fully saturated rings. The molecule has 1 rings (SSSR count). The van der Waals surface area contributed by atoms with Crippen LogP contribution in [0.4, 0.5) is 0 Å². The minimum Gasteiger partial charge on any atom is -0.377 e. The Bertz CT molecular complexity index is 159. The molecule has 90 valence electrons. The summed E-state index contributed by atoms with van der Waals surface area (Å²) in [5, 5.41) is 0. The first-order valence-corrected chi connectivity index (χ1v) is 6.56. The van der Waals surface area contributed by atoms with Crippen LogP contribution in [0.2, 0.25) is 0 Å². The lowest BCUT2D eigenvalue weighted by molar-refractivity contribution is 0.0558. The standard InChI is InChI=1S/C13H27NO/c1-4-5-6-9-15-13-7-8-14(11-13)10-12(2)3/h12-13H,4-11H2,1-3H3/t13-/m0/s1. The van der Waals surface area contributed by atoms with Crippen molar-refractivity contribution in [2.24, 2.45) is 5.92 Å². The second-order valence-corrected chi connectivity index (χ2v) is 5.14. The average molecular weight is 213 g/mol. The first-order valence-electron chi connectivity index (χ1n) is 6.56. The van der Waals surface area contributed by atoms with Crippen LogP contribution in [0.5, 0.6) is 0 Å². The number of hydrogen-bond donors (Lipinski definition) is 0. The van der Waals surface area contributed by atoms with Gasteiger partial charge in [0.1, 0.15) is 0 Å². The van der Waals surface area contributed by atoms with Gasteiger partial charge in [-0.15, -0.1) is 0 Å². The molecule has 0 radical (unpaired) electrons. The Labute approximate surface area is 95.0 Å². The third-order valence-electron chi connectivity index (χ3n) is 2.95. The van der Waals surface area contributed by atoms with Gasteiger partial charge in [0, 0.05) is 26.2 Å². The van der Waals surface area contributed by atoms with Crippen molar-refractivity contribution in [1.82, 2.24) is 4.90 Å². The maximum absolute atomic E-state index is 5.88. The van der Waals surface area contributed by atoms with Crippen molar-refractivity contribution >= 4 is 0 Å². The van der Waals surface area contributed by atoms with Crippen molar-refractivity contribution in [2.45, 2.75) is 52.6 Å². The van der Waals surface area contributed by atoms with Gasteiger partial charge in [-0.05, 0) is 18.8 Å². The van der Waals surface area contributed by atoms with E-state index in [9.17, 15) is 0 Å². The Morgan fingerprint density at radius 2 is 2.13 bits per heavy atom. The summed E-state index contributed by atoms with van der Waals surface area (Å²) in [6, 6.07) is 0. The van der Waals surface area contributed by atoms with Crippen LogP contribution in [-0.2, 0) is 4.74 Å². The zero-order valence-electron chi connectivity index (χ0n) is 10.7. The second-order valence-electron chi connectivity index (χ2n) is 5.14. The van der Waals surface area contributed by atoms with E-state index < -0.39 is 0 Å². The highest BCUT2D eigenvalue weighted by molar-refractivity contribution is 4.76. The third kappa shape index (κ3) is 5.53. The van der Waals surface area contributed by atoms with Gasteiger partial charge in [0.25, 0.3) is 0 Å². The summed E-state index contributed by atoms with van der Waals surface area (Å²) >= 11 is 0. The fraction of sp³-hybridized carbons (Fsp3) is 1.00. The lowest BCUT2D eigenvalue weighted by Gasteiger charge is -2.18. The summed E-state index contributed by atoms with van der Waals surface area (Å²) < 4.78 is 5.88. The molecule has 1 atom stereocenters. The molecule has 0 aliphatic carbocycles. The van der Waals surface area contributed by atoms with Crippen LogP contribution in [0.15, 0.2) is 0 Å². The van der Waals surface area contributed by atoms with E-state index in [0.29, 0.717) is 6.10 Å². The van der Waals surface area contributed by atoms with Crippen molar-refractivity contribution in [2.75, 3.05) is 26.2 Å². The molecule has 1 aliphatic rings. The zero-order valence-corrected chi connectivity index (χ0v) is 10.7. The number of nitrogens with zero attached hydrogens (tertiary/aromatic N) is 1. The van der Waals surface area contributed by atoms with Gasteiger partial charge in [-0.25, -0.2) is 0 Å². The molecule has 2 nitrogen and oxygen atoms in total. The predicted molar refractivity (Wildman–Crippen MR) is 65.2 cm³/mol. The van der Waals surface area contributed by atoms with Gasteiger partial charge < -0.3 is 9.64 Å². The molecule has 1 saturated heterocycles. The molecule has 1 aliphatic heterocycles. The Morgan fingerprint density at radius 1 is 1.33 bits per heavy atom. The van der Waals surface area contributed by atoms with Gasteiger partial charge in [-0.3, -0.25) is 0 Å². The number of unbranched alkanes of at least 4 members (excludes halogenated alkanes) is 2. The quantitative estimate of drug-likeness (QED) is 0.603. The number of rotatable bonds is 7. The molecule has 0 aromatic heterocycles. The molecular weight excluding hydrogens is 186 g/mol. The van der Waals surface area contributed by atoms with Gasteiger partial charge in [-0.1, -0.05) is 33.6 Å². The van der Waals surface area contributed by atoms with Gasteiger partial charge in [0.2, 0.25) is 0 Å². The lowest BCUT2D eigenvalue weighted by atomic mass is 10.2. The Kier molecular flexibility index (Phi) is 6.26. The third-order valence-corrected chi connectivity index (χ3v) is 2.95. The molecule has 0 aromatic carbocycles. The number of ether oxygens (including phenoxy) is 1. The molecule has 0 amide bonds. The largest absolute Gasteiger partial charge is 0.377 e.